The van der Waals surface area contributed by atoms with E-state index in [0.717, 1.165) is 67.4 Å². The maximum absolute atomic E-state index is 12.6. The number of carbonyl (C=O) groups excluding carboxylic acids is 1. The minimum absolute atomic E-state index is 0.264. The van der Waals surface area contributed by atoms with Crippen molar-refractivity contribution in [3.8, 4) is 5.69 Å². The highest BCUT2D eigenvalue weighted by Gasteiger charge is 2.32. The Bertz CT molecular complexity index is 1110. The van der Waals surface area contributed by atoms with Crippen LogP contribution in [0.1, 0.15) is 36.2 Å². The summed E-state index contributed by atoms with van der Waals surface area (Å²) in [4.78, 5) is 26.4. The highest BCUT2D eigenvalue weighted by Crippen LogP contribution is 2.30. The van der Waals surface area contributed by atoms with E-state index in [1.165, 1.54) is 17.5 Å². The average molecular weight is 405 g/mol. The molecule has 1 amide bonds. The average Bonchev–Trinajstić information content (AvgIpc) is 3.09. The molecule has 7 nitrogen and oxygen atoms in total. The number of carbonyl (C=O) groups is 1. The number of hydrogen-bond donors (Lipinski definition) is 0. The van der Waals surface area contributed by atoms with Crippen LogP contribution in [0.25, 0.3) is 16.7 Å². The van der Waals surface area contributed by atoms with E-state index < -0.39 is 0 Å². The number of hydrogen-bond acceptors (Lipinski definition) is 5. The number of piperazine rings is 1. The third kappa shape index (κ3) is 3.22. The Hall–Kier alpha value is -2.96. The van der Waals surface area contributed by atoms with Crippen molar-refractivity contribution in [2.75, 3.05) is 31.1 Å². The number of rotatable bonds is 3. The van der Waals surface area contributed by atoms with Crippen LogP contribution in [-0.4, -0.2) is 56.7 Å². The molecule has 156 valence electrons. The van der Waals surface area contributed by atoms with Crippen molar-refractivity contribution in [1.82, 2.24) is 24.6 Å². The first-order valence-electron chi connectivity index (χ1n) is 10.8. The van der Waals surface area contributed by atoms with E-state index in [1.54, 1.807) is 0 Å². The van der Waals surface area contributed by atoms with E-state index in [4.69, 9.17) is 9.97 Å². The van der Waals surface area contributed by atoms with Crippen LogP contribution in [0.2, 0.25) is 0 Å². The van der Waals surface area contributed by atoms with Crippen LogP contribution in [0.5, 0.6) is 0 Å². The van der Waals surface area contributed by atoms with Gasteiger partial charge in [0.15, 0.2) is 5.65 Å². The number of anilines is 1. The van der Waals surface area contributed by atoms with E-state index in [0.29, 0.717) is 5.91 Å². The molecule has 0 atom stereocenters. The van der Waals surface area contributed by atoms with Gasteiger partial charge >= 0.3 is 0 Å². The minimum atomic E-state index is 0.264. The van der Waals surface area contributed by atoms with Gasteiger partial charge in [0.2, 0.25) is 5.91 Å². The topological polar surface area (TPSA) is 67.2 Å². The number of fused-ring (bicyclic) bond motifs is 1. The van der Waals surface area contributed by atoms with E-state index in [-0.39, 0.29) is 5.92 Å². The predicted molar refractivity (Wildman–Crippen MR) is 117 cm³/mol. The molecule has 1 aromatic carbocycles. The Morgan fingerprint density at radius 1 is 1.03 bits per heavy atom. The van der Waals surface area contributed by atoms with Crippen LogP contribution in [0, 0.1) is 26.7 Å². The Balaban J connectivity index is 1.44. The highest BCUT2D eigenvalue weighted by molar-refractivity contribution is 5.88. The van der Waals surface area contributed by atoms with Gasteiger partial charge in [0.05, 0.1) is 17.3 Å². The number of nitrogens with zero attached hydrogens (tertiary/aromatic N) is 6. The maximum Gasteiger partial charge on any atom is 0.225 e. The van der Waals surface area contributed by atoms with Gasteiger partial charge in [-0.25, -0.2) is 14.6 Å². The lowest BCUT2D eigenvalue weighted by Crippen LogP contribution is -2.51. The molecule has 0 unspecified atom stereocenters. The lowest BCUT2D eigenvalue weighted by Gasteiger charge is -2.38. The molecule has 5 rings (SSSR count). The van der Waals surface area contributed by atoms with Crippen molar-refractivity contribution in [2.24, 2.45) is 5.92 Å². The SMILES string of the molecule is Cc1ccc(-n2ncc3c(N4CCN(C(=O)C5CCC5)CC4)nc(C)nc32)c(C)c1. The van der Waals surface area contributed by atoms with Crippen LogP contribution in [-0.2, 0) is 4.79 Å². The molecular formula is C23H28N6O. The second-order valence-electron chi connectivity index (χ2n) is 8.62. The van der Waals surface area contributed by atoms with Crippen molar-refractivity contribution in [1.29, 1.82) is 0 Å². The summed E-state index contributed by atoms with van der Waals surface area (Å²) in [6, 6.07) is 6.36. The first kappa shape index (κ1) is 19.0. The molecule has 30 heavy (non-hydrogen) atoms. The first-order valence-corrected chi connectivity index (χ1v) is 10.8. The highest BCUT2D eigenvalue weighted by atomic mass is 16.2. The second kappa shape index (κ2) is 7.38. The van der Waals surface area contributed by atoms with Gasteiger partial charge in [0, 0.05) is 32.1 Å². The van der Waals surface area contributed by atoms with Crippen molar-refractivity contribution in [2.45, 2.75) is 40.0 Å². The van der Waals surface area contributed by atoms with E-state index >= 15 is 0 Å². The van der Waals surface area contributed by atoms with Gasteiger partial charge in [-0.1, -0.05) is 24.1 Å². The normalized spacial score (nSPS) is 17.4. The predicted octanol–water partition coefficient (Wildman–Crippen LogP) is 3.19. The molecule has 2 fully saturated rings. The molecule has 0 radical (unpaired) electrons. The van der Waals surface area contributed by atoms with Crippen molar-refractivity contribution in [3.63, 3.8) is 0 Å². The summed E-state index contributed by atoms with van der Waals surface area (Å²) in [6.45, 7) is 9.22. The maximum atomic E-state index is 12.6. The molecule has 3 aromatic rings. The third-order valence-electron chi connectivity index (χ3n) is 6.45. The molecule has 2 aliphatic rings. The van der Waals surface area contributed by atoms with Gasteiger partial charge < -0.3 is 9.80 Å². The van der Waals surface area contributed by atoms with Gasteiger partial charge in [0.25, 0.3) is 0 Å². The lowest BCUT2D eigenvalue weighted by molar-refractivity contribution is -0.138. The second-order valence-corrected chi connectivity index (χ2v) is 8.62. The molecule has 2 aromatic heterocycles. The largest absolute Gasteiger partial charge is 0.352 e. The molecular weight excluding hydrogens is 376 g/mol. The van der Waals surface area contributed by atoms with Crippen LogP contribution in [0.4, 0.5) is 5.82 Å². The monoisotopic (exact) mass is 404 g/mol. The summed E-state index contributed by atoms with van der Waals surface area (Å²) in [5.74, 6) is 2.26. The number of benzene rings is 1. The Morgan fingerprint density at radius 3 is 2.47 bits per heavy atom. The number of aromatic nitrogens is 4. The van der Waals surface area contributed by atoms with E-state index in [2.05, 4.69) is 42.0 Å². The quantitative estimate of drug-likeness (QED) is 0.671. The van der Waals surface area contributed by atoms with Crippen LogP contribution < -0.4 is 4.90 Å². The van der Waals surface area contributed by atoms with Gasteiger partial charge in [0.1, 0.15) is 11.6 Å². The molecule has 3 heterocycles. The van der Waals surface area contributed by atoms with Crippen molar-refractivity contribution < 1.29 is 4.79 Å². The third-order valence-corrected chi connectivity index (χ3v) is 6.45. The Kier molecular flexibility index (Phi) is 4.68. The first-order chi connectivity index (χ1) is 14.5. The summed E-state index contributed by atoms with van der Waals surface area (Å²) in [5, 5.41) is 5.62. The van der Waals surface area contributed by atoms with Gasteiger partial charge in [-0.15, -0.1) is 0 Å². The minimum Gasteiger partial charge on any atom is -0.352 e. The van der Waals surface area contributed by atoms with Crippen molar-refractivity contribution in [3.05, 3.63) is 41.3 Å². The molecule has 1 aliphatic carbocycles. The van der Waals surface area contributed by atoms with Crippen molar-refractivity contribution >= 4 is 22.8 Å². The smallest absolute Gasteiger partial charge is 0.225 e. The Morgan fingerprint density at radius 2 is 1.80 bits per heavy atom. The molecule has 1 saturated carbocycles. The van der Waals surface area contributed by atoms with E-state index in [9.17, 15) is 4.79 Å². The van der Waals surface area contributed by atoms with Gasteiger partial charge in [-0.3, -0.25) is 4.79 Å². The number of amides is 1. The fourth-order valence-corrected chi connectivity index (χ4v) is 4.51. The molecule has 1 saturated heterocycles. The zero-order valence-corrected chi connectivity index (χ0v) is 17.9. The van der Waals surface area contributed by atoms with Gasteiger partial charge in [-0.2, -0.15) is 5.10 Å². The fourth-order valence-electron chi connectivity index (χ4n) is 4.51. The summed E-state index contributed by atoms with van der Waals surface area (Å²) in [6.07, 6.45) is 5.18. The molecule has 0 spiro atoms. The Labute approximate surface area is 176 Å². The molecule has 1 aliphatic heterocycles. The molecule has 0 N–H and O–H groups in total. The zero-order chi connectivity index (χ0) is 20.8. The van der Waals surface area contributed by atoms with Crippen LogP contribution >= 0.6 is 0 Å². The zero-order valence-electron chi connectivity index (χ0n) is 17.9. The fraction of sp³-hybridized carbons (Fsp3) is 0.478. The molecule has 0 bridgehead atoms. The standard InChI is InChI=1S/C23H28N6O/c1-15-7-8-20(16(2)13-15)29-22-19(14-24-29)21(25-17(3)26-22)27-9-11-28(12-10-27)23(30)18-5-4-6-18/h7-8,13-14,18H,4-6,9-12H2,1-3H3. The summed E-state index contributed by atoms with van der Waals surface area (Å²) in [7, 11) is 0. The lowest BCUT2D eigenvalue weighted by atomic mass is 9.84. The summed E-state index contributed by atoms with van der Waals surface area (Å²) >= 11 is 0. The summed E-state index contributed by atoms with van der Waals surface area (Å²) < 4.78 is 1.92. The summed E-state index contributed by atoms with van der Waals surface area (Å²) in [5.41, 5.74) is 4.27. The van der Waals surface area contributed by atoms with Crippen LogP contribution in [0.15, 0.2) is 24.4 Å². The van der Waals surface area contributed by atoms with Crippen LogP contribution in [0.3, 0.4) is 0 Å². The number of aryl methyl sites for hydroxylation is 3. The van der Waals surface area contributed by atoms with Gasteiger partial charge in [-0.05, 0) is 45.2 Å². The van der Waals surface area contributed by atoms with E-state index in [1.807, 2.05) is 22.7 Å². The molecule has 7 heteroatoms.